The largest absolute Gasteiger partial charge is 0.489 e. The molecule has 0 bridgehead atoms. The number of azo groups is 1. The quantitative estimate of drug-likeness (QED) is 0.398. The predicted molar refractivity (Wildman–Crippen MR) is 111 cm³/mol. The fourth-order valence-corrected chi connectivity index (χ4v) is 2.99. The molecular weight excluding hydrogens is 366 g/mol. The average Bonchev–Trinajstić information content (AvgIpc) is 3.16. The molecule has 0 saturated carbocycles. The lowest BCUT2D eigenvalue weighted by Crippen LogP contribution is -1.94. The van der Waals surface area contributed by atoms with Crippen molar-refractivity contribution < 1.29 is 14.6 Å². The summed E-state index contributed by atoms with van der Waals surface area (Å²) < 4.78 is 5.87. The van der Waals surface area contributed by atoms with Gasteiger partial charge in [-0.3, -0.25) is 0 Å². The van der Waals surface area contributed by atoms with Gasteiger partial charge in [-0.05, 0) is 42.0 Å². The molecule has 2 N–H and O–H groups in total. The Morgan fingerprint density at radius 1 is 1.00 bits per heavy atom. The summed E-state index contributed by atoms with van der Waals surface area (Å²) >= 11 is 0. The highest BCUT2D eigenvalue weighted by atomic mass is 16.5. The van der Waals surface area contributed by atoms with E-state index in [1.54, 1.807) is 12.1 Å². The Hall–Kier alpha value is -3.93. The third-order valence-corrected chi connectivity index (χ3v) is 4.53. The number of hydrogen-bond donors (Lipinski definition) is 2. The Labute approximate surface area is 167 Å². The molecule has 1 aromatic heterocycles. The number of nitrogens with zero attached hydrogens (tertiary/aromatic N) is 2. The Balaban J connectivity index is 1.41. The van der Waals surface area contributed by atoms with Crippen LogP contribution in [0.3, 0.4) is 0 Å². The zero-order valence-corrected chi connectivity index (χ0v) is 15.6. The molecule has 0 radical (unpaired) electrons. The molecule has 0 atom stereocenters. The summed E-state index contributed by atoms with van der Waals surface area (Å²) in [6.45, 7) is 0.944. The van der Waals surface area contributed by atoms with Gasteiger partial charge in [0.1, 0.15) is 12.4 Å². The normalized spacial score (nSPS) is 11.2. The predicted octanol–water partition coefficient (Wildman–Crippen LogP) is 5.73. The number of fused-ring (bicyclic) bond motifs is 1. The smallest absolute Gasteiger partial charge is 0.335 e. The number of carbonyl (C=O) groups is 1. The van der Waals surface area contributed by atoms with Gasteiger partial charge in [0.25, 0.3) is 0 Å². The lowest BCUT2D eigenvalue weighted by atomic mass is 10.1. The highest BCUT2D eigenvalue weighted by Crippen LogP contribution is 2.25. The molecule has 6 nitrogen and oxygen atoms in total. The summed E-state index contributed by atoms with van der Waals surface area (Å²) in [5.74, 6) is -0.158. The van der Waals surface area contributed by atoms with Crippen LogP contribution < -0.4 is 4.74 Å². The third kappa shape index (κ3) is 4.50. The average molecular weight is 385 g/mol. The Morgan fingerprint density at radius 2 is 1.79 bits per heavy atom. The number of ether oxygens (including phenoxy) is 1. The van der Waals surface area contributed by atoms with Gasteiger partial charge in [-0.2, -0.15) is 10.2 Å². The van der Waals surface area contributed by atoms with Crippen LogP contribution in [0.2, 0.25) is 0 Å². The van der Waals surface area contributed by atoms with Gasteiger partial charge in [0, 0.05) is 28.7 Å². The van der Waals surface area contributed by atoms with Gasteiger partial charge in [-0.15, -0.1) is 0 Å². The van der Waals surface area contributed by atoms with E-state index in [-0.39, 0.29) is 5.56 Å². The first-order chi connectivity index (χ1) is 14.2. The Bertz CT molecular complexity index is 1150. The summed E-state index contributed by atoms with van der Waals surface area (Å²) in [4.78, 5) is 14.1. The SMILES string of the molecule is O=C(O)c1ccc(N=NCc2c[nH]c3cc(OCc4ccccc4)ccc23)cc1. The second-order valence-electron chi connectivity index (χ2n) is 6.55. The first-order valence-corrected chi connectivity index (χ1v) is 9.16. The van der Waals surface area contributed by atoms with Crippen molar-refractivity contribution in [3.8, 4) is 5.75 Å². The lowest BCUT2D eigenvalue weighted by molar-refractivity contribution is 0.0697. The van der Waals surface area contributed by atoms with Crippen molar-refractivity contribution in [1.82, 2.24) is 4.98 Å². The third-order valence-electron chi connectivity index (χ3n) is 4.53. The van der Waals surface area contributed by atoms with E-state index in [1.165, 1.54) is 12.1 Å². The van der Waals surface area contributed by atoms with E-state index < -0.39 is 5.97 Å². The monoisotopic (exact) mass is 385 g/mol. The molecule has 3 aromatic carbocycles. The topological polar surface area (TPSA) is 87.0 Å². The molecule has 0 fully saturated rings. The Morgan fingerprint density at radius 3 is 2.55 bits per heavy atom. The van der Waals surface area contributed by atoms with E-state index in [2.05, 4.69) is 15.2 Å². The minimum absolute atomic E-state index is 0.228. The molecule has 1 heterocycles. The first kappa shape index (κ1) is 18.4. The highest BCUT2D eigenvalue weighted by molar-refractivity contribution is 5.88. The second-order valence-corrected chi connectivity index (χ2v) is 6.55. The number of H-pyrrole nitrogens is 1. The van der Waals surface area contributed by atoms with Crippen molar-refractivity contribution in [2.45, 2.75) is 13.2 Å². The first-order valence-electron chi connectivity index (χ1n) is 9.16. The number of nitrogens with one attached hydrogen (secondary N) is 1. The van der Waals surface area contributed by atoms with Crippen molar-refractivity contribution in [3.63, 3.8) is 0 Å². The standard InChI is InChI=1S/C23H19N3O3/c27-23(28)17-6-8-19(9-7-17)26-25-14-18-13-24-22-12-20(10-11-21(18)22)29-15-16-4-2-1-3-5-16/h1-13,24H,14-15H2,(H,27,28). The molecule has 4 rings (SSSR count). The van der Waals surface area contributed by atoms with Crippen molar-refractivity contribution in [1.29, 1.82) is 0 Å². The Kier molecular flexibility index (Phi) is 5.33. The zero-order valence-electron chi connectivity index (χ0n) is 15.6. The highest BCUT2D eigenvalue weighted by Gasteiger charge is 2.06. The zero-order chi connectivity index (χ0) is 20.1. The maximum Gasteiger partial charge on any atom is 0.335 e. The van der Waals surface area contributed by atoms with Gasteiger partial charge in [0.05, 0.1) is 17.8 Å². The van der Waals surface area contributed by atoms with Crippen molar-refractivity contribution >= 4 is 22.6 Å². The van der Waals surface area contributed by atoms with Gasteiger partial charge in [-0.1, -0.05) is 30.3 Å². The molecule has 6 heteroatoms. The van der Waals surface area contributed by atoms with E-state index in [9.17, 15) is 4.79 Å². The van der Waals surface area contributed by atoms with Gasteiger partial charge >= 0.3 is 5.97 Å². The van der Waals surface area contributed by atoms with Crippen LogP contribution in [0.25, 0.3) is 10.9 Å². The van der Waals surface area contributed by atoms with Crippen LogP contribution in [0.1, 0.15) is 21.5 Å². The maximum atomic E-state index is 10.9. The van der Waals surface area contributed by atoms with Gasteiger partial charge in [-0.25, -0.2) is 4.79 Å². The number of aromatic amines is 1. The number of carboxylic acids is 1. The fourth-order valence-electron chi connectivity index (χ4n) is 2.99. The van der Waals surface area contributed by atoms with E-state index in [1.807, 2.05) is 54.7 Å². The lowest BCUT2D eigenvalue weighted by Gasteiger charge is -2.06. The summed E-state index contributed by atoms with van der Waals surface area (Å²) in [5.41, 5.74) is 3.97. The van der Waals surface area contributed by atoms with Crippen LogP contribution in [0.15, 0.2) is 89.2 Å². The number of hydrogen-bond acceptors (Lipinski definition) is 4. The molecule has 0 amide bonds. The van der Waals surface area contributed by atoms with Crippen LogP contribution in [0.5, 0.6) is 5.75 Å². The molecule has 29 heavy (non-hydrogen) atoms. The fraction of sp³-hybridized carbons (Fsp3) is 0.0870. The summed E-state index contributed by atoms with van der Waals surface area (Å²) in [6.07, 6.45) is 1.91. The van der Waals surface area contributed by atoms with E-state index >= 15 is 0 Å². The van der Waals surface area contributed by atoms with Crippen LogP contribution in [0.4, 0.5) is 5.69 Å². The molecule has 0 spiro atoms. The van der Waals surface area contributed by atoms with Crippen molar-refractivity contribution in [3.05, 3.63) is 95.7 Å². The molecule has 0 unspecified atom stereocenters. The summed E-state index contributed by atoms with van der Waals surface area (Å²) in [5, 5.41) is 18.4. The summed E-state index contributed by atoms with van der Waals surface area (Å²) in [6, 6.07) is 22.3. The molecular formula is C23H19N3O3. The number of carboxylic acid groups (broad SMARTS) is 1. The number of aromatic nitrogens is 1. The minimum atomic E-state index is -0.959. The molecule has 0 saturated heterocycles. The molecule has 144 valence electrons. The number of benzene rings is 3. The number of rotatable bonds is 7. The van der Waals surface area contributed by atoms with E-state index in [0.717, 1.165) is 27.8 Å². The van der Waals surface area contributed by atoms with Gasteiger partial charge < -0.3 is 14.8 Å². The van der Waals surface area contributed by atoms with Crippen LogP contribution >= 0.6 is 0 Å². The van der Waals surface area contributed by atoms with Gasteiger partial charge in [0.15, 0.2) is 0 Å². The van der Waals surface area contributed by atoms with Crippen LogP contribution in [0, 0.1) is 0 Å². The second kappa shape index (κ2) is 8.39. The molecule has 4 aromatic rings. The van der Waals surface area contributed by atoms with Crippen LogP contribution in [-0.4, -0.2) is 16.1 Å². The van der Waals surface area contributed by atoms with Gasteiger partial charge in [0.2, 0.25) is 0 Å². The summed E-state index contributed by atoms with van der Waals surface area (Å²) in [7, 11) is 0. The maximum absolute atomic E-state index is 10.9. The number of aromatic carboxylic acids is 1. The van der Waals surface area contributed by atoms with Crippen molar-refractivity contribution in [2.24, 2.45) is 10.2 Å². The molecule has 0 aliphatic carbocycles. The van der Waals surface area contributed by atoms with Crippen molar-refractivity contribution in [2.75, 3.05) is 0 Å². The van der Waals surface area contributed by atoms with E-state index in [4.69, 9.17) is 9.84 Å². The molecule has 0 aliphatic heterocycles. The van der Waals surface area contributed by atoms with E-state index in [0.29, 0.717) is 18.8 Å². The minimum Gasteiger partial charge on any atom is -0.489 e. The van der Waals surface area contributed by atoms with Crippen LogP contribution in [-0.2, 0) is 13.2 Å². The molecule has 0 aliphatic rings.